The molecular formula is C24H24N4O3S2. The Morgan fingerprint density at radius 2 is 1.73 bits per heavy atom. The minimum absolute atomic E-state index is 0.170. The molecule has 2 aromatic heterocycles. The fraction of sp³-hybridized carbons (Fsp3) is 0.250. The number of nitrogens with zero attached hydrogens (tertiary/aromatic N) is 3. The Kier molecular flexibility index (Phi) is 6.01. The van der Waals surface area contributed by atoms with Crippen molar-refractivity contribution < 1.29 is 13.2 Å². The maximum atomic E-state index is 12.8. The van der Waals surface area contributed by atoms with Crippen LogP contribution in [0.3, 0.4) is 0 Å². The molecule has 0 spiro atoms. The van der Waals surface area contributed by atoms with Gasteiger partial charge in [-0.1, -0.05) is 36.8 Å². The number of fused-ring (bicyclic) bond motifs is 1. The molecular weight excluding hydrogens is 456 g/mol. The van der Waals surface area contributed by atoms with E-state index in [9.17, 15) is 13.2 Å². The van der Waals surface area contributed by atoms with Crippen molar-refractivity contribution >= 4 is 37.9 Å². The van der Waals surface area contributed by atoms with Crippen LogP contribution in [0.1, 0.15) is 25.0 Å². The summed E-state index contributed by atoms with van der Waals surface area (Å²) in [4.78, 5) is 18.4. The summed E-state index contributed by atoms with van der Waals surface area (Å²) in [5, 5.41) is 4.80. The molecule has 0 bridgehead atoms. The topological polar surface area (TPSA) is 83.8 Å². The highest BCUT2D eigenvalue weighted by atomic mass is 32.2. The second-order valence-electron chi connectivity index (χ2n) is 8.09. The summed E-state index contributed by atoms with van der Waals surface area (Å²) >= 11 is 1.50. The van der Waals surface area contributed by atoms with Crippen LogP contribution in [0.4, 0.5) is 5.69 Å². The lowest BCUT2D eigenvalue weighted by atomic mass is 10.2. The number of amides is 1. The van der Waals surface area contributed by atoms with Gasteiger partial charge in [-0.05, 0) is 37.1 Å². The van der Waals surface area contributed by atoms with Crippen molar-refractivity contribution in [1.82, 2.24) is 13.7 Å². The molecule has 1 aliphatic rings. The largest absolute Gasteiger partial charge is 0.326 e. The molecule has 3 heterocycles. The molecule has 170 valence electrons. The van der Waals surface area contributed by atoms with Gasteiger partial charge in [0.25, 0.3) is 0 Å². The van der Waals surface area contributed by atoms with Gasteiger partial charge in [-0.25, -0.2) is 13.4 Å². The Hall–Kier alpha value is -3.01. The Bertz CT molecular complexity index is 1370. The third-order valence-electron chi connectivity index (χ3n) is 5.79. The van der Waals surface area contributed by atoms with Crippen molar-refractivity contribution in [3.05, 3.63) is 71.9 Å². The Morgan fingerprint density at radius 3 is 2.45 bits per heavy atom. The van der Waals surface area contributed by atoms with Crippen LogP contribution in [0.5, 0.6) is 0 Å². The smallest absolute Gasteiger partial charge is 0.243 e. The number of rotatable bonds is 6. The van der Waals surface area contributed by atoms with Gasteiger partial charge in [0.1, 0.15) is 0 Å². The van der Waals surface area contributed by atoms with E-state index in [1.807, 2.05) is 46.3 Å². The number of benzene rings is 2. The van der Waals surface area contributed by atoms with Gasteiger partial charge in [0, 0.05) is 41.6 Å². The summed E-state index contributed by atoms with van der Waals surface area (Å²) in [5.41, 5.74) is 3.32. The van der Waals surface area contributed by atoms with Gasteiger partial charge >= 0.3 is 0 Å². The molecule has 7 nitrogen and oxygen atoms in total. The lowest BCUT2D eigenvalue weighted by molar-refractivity contribution is -0.115. The summed E-state index contributed by atoms with van der Waals surface area (Å²) in [7, 11) is -3.48. The summed E-state index contributed by atoms with van der Waals surface area (Å²) in [6.45, 7) is 1.13. The standard InChI is InChI=1S/C24H24N4O3S2/c29-23(15-20-17-32-24-26-22(16-28(20)24)18-7-3-1-4-8-18)25-19-9-11-21(12-10-19)33(30,31)27-13-5-2-6-14-27/h1,3-4,7-12,16-17H,2,5-6,13-15H2,(H,25,29). The highest BCUT2D eigenvalue weighted by molar-refractivity contribution is 7.89. The van der Waals surface area contributed by atoms with Gasteiger partial charge in [0.2, 0.25) is 15.9 Å². The van der Waals surface area contributed by atoms with E-state index >= 15 is 0 Å². The van der Waals surface area contributed by atoms with Crippen molar-refractivity contribution in [3.8, 4) is 11.3 Å². The summed E-state index contributed by atoms with van der Waals surface area (Å²) in [6, 6.07) is 16.3. The fourth-order valence-electron chi connectivity index (χ4n) is 4.04. The highest BCUT2D eigenvalue weighted by Gasteiger charge is 2.25. The average Bonchev–Trinajstić information content (AvgIpc) is 3.43. The molecule has 1 N–H and O–H groups in total. The molecule has 4 aromatic rings. The minimum Gasteiger partial charge on any atom is -0.326 e. The third-order valence-corrected chi connectivity index (χ3v) is 8.59. The molecule has 1 saturated heterocycles. The number of nitrogens with one attached hydrogen (secondary N) is 1. The van der Waals surface area contributed by atoms with E-state index in [4.69, 9.17) is 0 Å². The fourth-order valence-corrected chi connectivity index (χ4v) is 6.43. The van der Waals surface area contributed by atoms with Gasteiger partial charge in [-0.15, -0.1) is 11.3 Å². The van der Waals surface area contributed by atoms with Crippen molar-refractivity contribution in [1.29, 1.82) is 0 Å². The number of sulfonamides is 1. The second-order valence-corrected chi connectivity index (χ2v) is 10.9. The van der Waals surface area contributed by atoms with Crippen LogP contribution in [-0.4, -0.2) is 41.1 Å². The maximum Gasteiger partial charge on any atom is 0.243 e. The molecule has 9 heteroatoms. The number of carbonyl (C=O) groups excluding carboxylic acids is 1. The molecule has 1 amide bonds. The molecule has 0 unspecified atom stereocenters. The molecule has 2 aromatic carbocycles. The van der Waals surface area contributed by atoms with Crippen LogP contribution in [0.25, 0.3) is 16.2 Å². The summed E-state index contributed by atoms with van der Waals surface area (Å²) in [5.74, 6) is -0.170. The van der Waals surface area contributed by atoms with Crippen LogP contribution in [0.2, 0.25) is 0 Å². The van der Waals surface area contributed by atoms with E-state index < -0.39 is 10.0 Å². The van der Waals surface area contributed by atoms with Crippen molar-refractivity contribution in [2.24, 2.45) is 0 Å². The highest BCUT2D eigenvalue weighted by Crippen LogP contribution is 2.25. The van der Waals surface area contributed by atoms with E-state index in [-0.39, 0.29) is 17.2 Å². The predicted molar refractivity (Wildman–Crippen MR) is 130 cm³/mol. The number of thiazole rings is 1. The van der Waals surface area contributed by atoms with Crippen LogP contribution in [0, 0.1) is 0 Å². The lowest BCUT2D eigenvalue weighted by Crippen LogP contribution is -2.35. The zero-order chi connectivity index (χ0) is 22.8. The first-order valence-electron chi connectivity index (χ1n) is 10.9. The van der Waals surface area contributed by atoms with E-state index in [0.717, 1.165) is 41.2 Å². The van der Waals surface area contributed by atoms with E-state index in [1.165, 1.54) is 11.3 Å². The van der Waals surface area contributed by atoms with Crippen molar-refractivity contribution in [3.63, 3.8) is 0 Å². The molecule has 0 aliphatic carbocycles. The number of hydrogen-bond acceptors (Lipinski definition) is 5. The van der Waals surface area contributed by atoms with E-state index in [1.54, 1.807) is 28.6 Å². The number of hydrogen-bond donors (Lipinski definition) is 1. The number of imidazole rings is 1. The Morgan fingerprint density at radius 1 is 1.00 bits per heavy atom. The number of aromatic nitrogens is 2. The zero-order valence-electron chi connectivity index (χ0n) is 18.0. The van der Waals surface area contributed by atoms with Gasteiger partial charge in [0.05, 0.1) is 17.0 Å². The first-order valence-corrected chi connectivity index (χ1v) is 13.2. The second kappa shape index (κ2) is 9.09. The third kappa shape index (κ3) is 4.57. The lowest BCUT2D eigenvalue weighted by Gasteiger charge is -2.25. The number of piperidine rings is 1. The molecule has 1 aliphatic heterocycles. The van der Waals surface area contributed by atoms with Crippen LogP contribution < -0.4 is 5.32 Å². The molecule has 5 rings (SSSR count). The van der Waals surface area contributed by atoms with E-state index in [0.29, 0.717) is 18.8 Å². The van der Waals surface area contributed by atoms with Crippen LogP contribution >= 0.6 is 11.3 Å². The molecule has 0 atom stereocenters. The number of anilines is 1. The monoisotopic (exact) mass is 480 g/mol. The minimum atomic E-state index is -3.48. The van der Waals surface area contributed by atoms with Crippen LogP contribution in [-0.2, 0) is 21.2 Å². The first kappa shape index (κ1) is 21.8. The van der Waals surface area contributed by atoms with Crippen molar-refractivity contribution in [2.45, 2.75) is 30.6 Å². The van der Waals surface area contributed by atoms with Gasteiger partial charge in [-0.2, -0.15) is 4.31 Å². The maximum absolute atomic E-state index is 12.8. The predicted octanol–water partition coefficient (Wildman–Crippen LogP) is 4.42. The normalized spacial score (nSPS) is 15.0. The van der Waals surface area contributed by atoms with E-state index in [2.05, 4.69) is 10.3 Å². The Balaban J connectivity index is 1.27. The molecule has 1 fully saturated rings. The summed E-state index contributed by atoms with van der Waals surface area (Å²) < 4.78 is 29.1. The SMILES string of the molecule is O=C(Cc1csc2nc(-c3ccccc3)cn12)Nc1ccc(S(=O)(=O)N2CCCCC2)cc1. The molecule has 0 radical (unpaired) electrons. The molecule has 33 heavy (non-hydrogen) atoms. The Labute approximate surface area is 196 Å². The molecule has 0 saturated carbocycles. The van der Waals surface area contributed by atoms with Crippen LogP contribution in [0.15, 0.2) is 71.1 Å². The number of carbonyl (C=O) groups is 1. The average molecular weight is 481 g/mol. The van der Waals surface area contributed by atoms with Gasteiger partial charge < -0.3 is 5.32 Å². The van der Waals surface area contributed by atoms with Gasteiger partial charge in [0.15, 0.2) is 4.96 Å². The first-order chi connectivity index (χ1) is 16.0. The zero-order valence-corrected chi connectivity index (χ0v) is 19.6. The summed E-state index contributed by atoms with van der Waals surface area (Å²) in [6.07, 6.45) is 5.00. The van der Waals surface area contributed by atoms with Gasteiger partial charge in [-0.3, -0.25) is 9.20 Å². The van der Waals surface area contributed by atoms with Crippen molar-refractivity contribution in [2.75, 3.05) is 18.4 Å². The quantitative estimate of drug-likeness (QED) is 0.443.